The molecule has 0 aromatic carbocycles. The summed E-state index contributed by atoms with van der Waals surface area (Å²) >= 11 is 0. The molecule has 1 saturated heterocycles. The van der Waals surface area contributed by atoms with E-state index in [4.69, 9.17) is 4.74 Å². The summed E-state index contributed by atoms with van der Waals surface area (Å²) in [5, 5.41) is 0. The topological polar surface area (TPSA) is 26.3 Å². The van der Waals surface area contributed by atoms with Gasteiger partial charge in [-0.2, -0.15) is 0 Å². The van der Waals surface area contributed by atoms with Crippen molar-refractivity contribution in [3.05, 3.63) is 0 Å². The van der Waals surface area contributed by atoms with E-state index in [1.807, 2.05) is 6.92 Å². The van der Waals surface area contributed by atoms with Crippen molar-refractivity contribution in [3.63, 3.8) is 0 Å². The molecule has 0 amide bonds. The van der Waals surface area contributed by atoms with E-state index in [0.29, 0.717) is 12.3 Å². The molecule has 0 N–H and O–H groups in total. The van der Waals surface area contributed by atoms with Gasteiger partial charge in [-0.25, -0.2) is 0 Å². The Balaban J connectivity index is 2.44. The molecule has 1 heterocycles. The SMILES string of the molecule is CC1CCC(=O)OC1C. The summed E-state index contributed by atoms with van der Waals surface area (Å²) in [6.07, 6.45) is 1.72. The van der Waals surface area contributed by atoms with Crippen LogP contribution in [0.1, 0.15) is 26.7 Å². The minimum absolute atomic E-state index is 0.0411. The highest BCUT2D eigenvalue weighted by molar-refractivity contribution is 5.70. The Morgan fingerprint density at radius 1 is 1.56 bits per heavy atom. The third-order valence-electron chi connectivity index (χ3n) is 1.92. The lowest BCUT2D eigenvalue weighted by Gasteiger charge is -2.24. The second-order valence-corrected chi connectivity index (χ2v) is 2.71. The number of hydrogen-bond acceptors (Lipinski definition) is 2. The number of esters is 1. The monoisotopic (exact) mass is 128 g/mol. The van der Waals surface area contributed by atoms with Crippen molar-refractivity contribution in [2.75, 3.05) is 0 Å². The van der Waals surface area contributed by atoms with Gasteiger partial charge in [-0.1, -0.05) is 6.92 Å². The lowest BCUT2D eigenvalue weighted by Crippen LogP contribution is -2.27. The zero-order valence-corrected chi connectivity index (χ0v) is 5.89. The molecule has 0 saturated carbocycles. The zero-order valence-electron chi connectivity index (χ0n) is 5.89. The van der Waals surface area contributed by atoms with Crippen LogP contribution in [0.3, 0.4) is 0 Å². The molecular weight excluding hydrogens is 116 g/mol. The van der Waals surface area contributed by atoms with Crippen LogP contribution < -0.4 is 0 Å². The number of ether oxygens (including phenoxy) is 1. The predicted molar refractivity (Wildman–Crippen MR) is 34.0 cm³/mol. The van der Waals surface area contributed by atoms with Gasteiger partial charge in [0.25, 0.3) is 0 Å². The first kappa shape index (κ1) is 6.59. The van der Waals surface area contributed by atoms with Crippen LogP contribution in [-0.2, 0) is 9.53 Å². The van der Waals surface area contributed by atoms with Gasteiger partial charge in [-0.15, -0.1) is 0 Å². The molecule has 2 unspecified atom stereocenters. The van der Waals surface area contributed by atoms with Crippen LogP contribution in [0.25, 0.3) is 0 Å². The fourth-order valence-electron chi connectivity index (χ4n) is 0.963. The van der Waals surface area contributed by atoms with Crippen LogP contribution in [0.4, 0.5) is 0 Å². The molecule has 1 rings (SSSR count). The van der Waals surface area contributed by atoms with Gasteiger partial charge in [0.2, 0.25) is 0 Å². The van der Waals surface area contributed by atoms with Crippen LogP contribution >= 0.6 is 0 Å². The molecule has 9 heavy (non-hydrogen) atoms. The fraction of sp³-hybridized carbons (Fsp3) is 0.857. The summed E-state index contributed by atoms with van der Waals surface area (Å²) < 4.78 is 4.96. The maximum absolute atomic E-state index is 10.6. The van der Waals surface area contributed by atoms with Crippen molar-refractivity contribution in [1.82, 2.24) is 0 Å². The van der Waals surface area contributed by atoms with E-state index in [1.165, 1.54) is 0 Å². The lowest BCUT2D eigenvalue weighted by atomic mass is 9.98. The third kappa shape index (κ3) is 1.44. The molecule has 1 aliphatic rings. The van der Waals surface area contributed by atoms with Crippen LogP contribution in [0.15, 0.2) is 0 Å². The molecule has 1 aliphatic heterocycles. The Morgan fingerprint density at radius 2 is 2.22 bits per heavy atom. The largest absolute Gasteiger partial charge is 0.462 e. The highest BCUT2D eigenvalue weighted by Gasteiger charge is 2.22. The van der Waals surface area contributed by atoms with Gasteiger partial charge < -0.3 is 4.74 Å². The molecule has 0 radical (unpaired) electrons. The fourth-order valence-corrected chi connectivity index (χ4v) is 0.963. The van der Waals surface area contributed by atoms with E-state index < -0.39 is 0 Å². The first-order valence-corrected chi connectivity index (χ1v) is 3.39. The highest BCUT2D eigenvalue weighted by Crippen LogP contribution is 2.19. The normalized spacial score (nSPS) is 36.0. The van der Waals surface area contributed by atoms with E-state index in [9.17, 15) is 4.79 Å². The molecule has 0 spiro atoms. The molecule has 2 heteroatoms. The van der Waals surface area contributed by atoms with E-state index in [-0.39, 0.29) is 12.1 Å². The summed E-state index contributed by atoms with van der Waals surface area (Å²) in [4.78, 5) is 10.6. The van der Waals surface area contributed by atoms with Gasteiger partial charge in [-0.3, -0.25) is 4.79 Å². The van der Waals surface area contributed by atoms with Crippen molar-refractivity contribution in [1.29, 1.82) is 0 Å². The summed E-state index contributed by atoms with van der Waals surface area (Å²) in [5.74, 6) is 0.503. The standard InChI is InChI=1S/C7H12O2/c1-5-3-4-7(8)9-6(5)2/h5-6H,3-4H2,1-2H3. The highest BCUT2D eigenvalue weighted by atomic mass is 16.5. The van der Waals surface area contributed by atoms with Gasteiger partial charge in [0.15, 0.2) is 0 Å². The maximum atomic E-state index is 10.6. The van der Waals surface area contributed by atoms with E-state index in [1.54, 1.807) is 0 Å². The number of cyclic esters (lactones) is 1. The first-order valence-electron chi connectivity index (χ1n) is 3.39. The van der Waals surface area contributed by atoms with Crippen LogP contribution in [0, 0.1) is 5.92 Å². The molecule has 0 aromatic rings. The number of carbonyl (C=O) groups is 1. The minimum atomic E-state index is -0.0411. The quantitative estimate of drug-likeness (QED) is 0.460. The molecular formula is C7H12O2. The number of rotatable bonds is 0. The Kier molecular flexibility index (Phi) is 1.74. The summed E-state index contributed by atoms with van der Waals surface area (Å²) in [7, 11) is 0. The summed E-state index contributed by atoms with van der Waals surface area (Å²) in [5.41, 5.74) is 0. The van der Waals surface area contributed by atoms with Gasteiger partial charge in [0.1, 0.15) is 6.10 Å². The second-order valence-electron chi connectivity index (χ2n) is 2.71. The Bertz CT molecular complexity index is 120. The molecule has 0 aliphatic carbocycles. The number of carbonyl (C=O) groups excluding carboxylic acids is 1. The molecule has 0 bridgehead atoms. The van der Waals surface area contributed by atoms with Crippen molar-refractivity contribution in [2.24, 2.45) is 5.92 Å². The predicted octanol–water partition coefficient (Wildman–Crippen LogP) is 1.35. The van der Waals surface area contributed by atoms with Crippen molar-refractivity contribution in [2.45, 2.75) is 32.8 Å². The van der Waals surface area contributed by atoms with Crippen molar-refractivity contribution in [3.8, 4) is 0 Å². The second kappa shape index (κ2) is 2.38. The molecule has 2 nitrogen and oxygen atoms in total. The summed E-state index contributed by atoms with van der Waals surface area (Å²) in [6.45, 7) is 4.05. The van der Waals surface area contributed by atoms with E-state index in [2.05, 4.69) is 6.92 Å². The average molecular weight is 128 g/mol. The maximum Gasteiger partial charge on any atom is 0.306 e. The summed E-state index contributed by atoms with van der Waals surface area (Å²) in [6, 6.07) is 0. The van der Waals surface area contributed by atoms with Gasteiger partial charge in [0.05, 0.1) is 0 Å². The number of hydrogen-bond donors (Lipinski definition) is 0. The zero-order chi connectivity index (χ0) is 6.85. The molecule has 1 fully saturated rings. The Morgan fingerprint density at radius 3 is 2.67 bits per heavy atom. The molecule has 2 atom stereocenters. The first-order chi connectivity index (χ1) is 4.20. The van der Waals surface area contributed by atoms with E-state index >= 15 is 0 Å². The molecule has 52 valence electrons. The van der Waals surface area contributed by atoms with Crippen molar-refractivity contribution < 1.29 is 9.53 Å². The van der Waals surface area contributed by atoms with Crippen LogP contribution in [-0.4, -0.2) is 12.1 Å². The lowest BCUT2D eigenvalue weighted by molar-refractivity contribution is -0.156. The van der Waals surface area contributed by atoms with Gasteiger partial charge in [-0.05, 0) is 19.3 Å². The third-order valence-corrected chi connectivity index (χ3v) is 1.92. The van der Waals surface area contributed by atoms with Gasteiger partial charge in [0, 0.05) is 6.42 Å². The van der Waals surface area contributed by atoms with Crippen molar-refractivity contribution >= 4 is 5.97 Å². The average Bonchev–Trinajstić information content (AvgIpc) is 1.80. The van der Waals surface area contributed by atoms with Crippen LogP contribution in [0.2, 0.25) is 0 Å². The van der Waals surface area contributed by atoms with Crippen LogP contribution in [0.5, 0.6) is 0 Å². The molecule has 0 aromatic heterocycles. The van der Waals surface area contributed by atoms with E-state index in [0.717, 1.165) is 6.42 Å². The Hall–Kier alpha value is -0.530. The Labute approximate surface area is 55.2 Å². The smallest absolute Gasteiger partial charge is 0.306 e. The van der Waals surface area contributed by atoms with Gasteiger partial charge >= 0.3 is 5.97 Å². The minimum Gasteiger partial charge on any atom is -0.462 e.